The Balaban J connectivity index is 1.29. The van der Waals surface area contributed by atoms with Crippen LogP contribution in [0.15, 0.2) is 71.1 Å². The molecule has 1 N–H and O–H groups in total. The van der Waals surface area contributed by atoms with Crippen LogP contribution < -0.4 is 15.2 Å². The van der Waals surface area contributed by atoms with Crippen LogP contribution in [0.2, 0.25) is 0 Å². The second-order valence-corrected chi connectivity index (χ2v) is 9.00. The van der Waals surface area contributed by atoms with Crippen molar-refractivity contribution < 1.29 is 4.74 Å². The minimum Gasteiger partial charge on any atom is -0.378 e. The molecule has 2 aromatic carbocycles. The van der Waals surface area contributed by atoms with E-state index in [9.17, 15) is 0 Å². The number of hydrogen-bond acceptors (Lipinski definition) is 8. The van der Waals surface area contributed by atoms with Gasteiger partial charge in [0.25, 0.3) is 0 Å². The zero-order chi connectivity index (χ0) is 22.0. The number of hydrogen-bond donors (Lipinski definition) is 1. The molecule has 1 saturated heterocycles. The van der Waals surface area contributed by atoms with E-state index in [4.69, 9.17) is 14.7 Å². The highest BCUT2D eigenvalue weighted by Crippen LogP contribution is 2.38. The van der Waals surface area contributed by atoms with Gasteiger partial charge in [-0.15, -0.1) is 11.3 Å². The van der Waals surface area contributed by atoms with Gasteiger partial charge in [-0.2, -0.15) is 10.1 Å². The second kappa shape index (κ2) is 8.80. The van der Waals surface area contributed by atoms with Gasteiger partial charge in [0.1, 0.15) is 0 Å². The molecular formula is C25H24N6OS. The topological polar surface area (TPSA) is 65.9 Å². The van der Waals surface area contributed by atoms with E-state index < -0.39 is 0 Å². The van der Waals surface area contributed by atoms with Gasteiger partial charge in [-0.3, -0.25) is 0 Å². The van der Waals surface area contributed by atoms with Crippen molar-refractivity contribution in [2.24, 2.45) is 5.10 Å². The van der Waals surface area contributed by atoms with Gasteiger partial charge in [0, 0.05) is 37.1 Å². The van der Waals surface area contributed by atoms with E-state index in [0.29, 0.717) is 5.95 Å². The fourth-order valence-corrected chi connectivity index (χ4v) is 5.15. The highest BCUT2D eigenvalue weighted by atomic mass is 32.1. The van der Waals surface area contributed by atoms with E-state index in [2.05, 4.69) is 69.2 Å². The van der Waals surface area contributed by atoms with Crippen molar-refractivity contribution in [2.75, 3.05) is 41.5 Å². The summed E-state index contributed by atoms with van der Waals surface area (Å²) in [6, 6.07) is 21.1. The fraction of sp³-hybridized carbons (Fsp3) is 0.240. The molecule has 2 aromatic heterocycles. The number of rotatable bonds is 5. The first-order valence-corrected chi connectivity index (χ1v) is 12.0. The van der Waals surface area contributed by atoms with Crippen LogP contribution in [0.1, 0.15) is 18.0 Å². The van der Waals surface area contributed by atoms with Gasteiger partial charge >= 0.3 is 0 Å². The monoisotopic (exact) mass is 456 g/mol. The Kier molecular flexibility index (Phi) is 5.37. The molecule has 2 aliphatic heterocycles. The van der Waals surface area contributed by atoms with Gasteiger partial charge in [0.15, 0.2) is 5.82 Å². The molecule has 8 heteroatoms. The molecule has 166 valence electrons. The summed E-state index contributed by atoms with van der Waals surface area (Å²) in [6.45, 7) is 3.40. The quantitative estimate of drug-likeness (QED) is 0.445. The minimum absolute atomic E-state index is 0.132. The number of nitrogens with zero attached hydrogens (tertiary/aromatic N) is 5. The number of anilines is 4. The normalized spacial score (nSPS) is 18.2. The number of aromatic nitrogens is 2. The van der Waals surface area contributed by atoms with E-state index >= 15 is 0 Å². The first-order valence-electron chi connectivity index (χ1n) is 11.2. The summed E-state index contributed by atoms with van der Waals surface area (Å²) in [4.78, 5) is 12.0. The van der Waals surface area contributed by atoms with Crippen molar-refractivity contribution in [3.63, 3.8) is 0 Å². The van der Waals surface area contributed by atoms with Crippen LogP contribution in [0.4, 0.5) is 23.1 Å². The molecule has 0 radical (unpaired) electrons. The predicted octanol–water partition coefficient (Wildman–Crippen LogP) is 5.21. The lowest BCUT2D eigenvalue weighted by Crippen LogP contribution is -2.36. The first kappa shape index (κ1) is 20.1. The third-order valence-corrected chi connectivity index (χ3v) is 6.92. The van der Waals surface area contributed by atoms with E-state index in [1.54, 1.807) is 11.3 Å². The molecule has 0 aliphatic carbocycles. The molecule has 0 amide bonds. The Labute approximate surface area is 196 Å². The number of hydrazone groups is 1. The van der Waals surface area contributed by atoms with Crippen LogP contribution in [0.3, 0.4) is 0 Å². The Bertz CT molecular complexity index is 1270. The van der Waals surface area contributed by atoms with Crippen molar-refractivity contribution in [2.45, 2.75) is 12.5 Å². The maximum atomic E-state index is 5.46. The second-order valence-electron chi connectivity index (χ2n) is 8.08. The summed E-state index contributed by atoms with van der Waals surface area (Å²) in [5.74, 6) is 1.41. The van der Waals surface area contributed by atoms with Gasteiger partial charge in [-0.05, 0) is 41.3 Å². The largest absolute Gasteiger partial charge is 0.378 e. The standard InChI is InChI=1S/C25H24N6OS/c1-2-4-18(5-3-1)22-10-12-26-31(22)24-23-21(11-17-33-23)28-25(29-24)27-19-6-8-20(9-7-19)30-13-15-32-16-14-30/h1-9,11-12,17,22H,10,13-16H2,(H,27,28,29). The van der Waals surface area contributed by atoms with Crippen LogP contribution in [-0.2, 0) is 4.74 Å². The summed E-state index contributed by atoms with van der Waals surface area (Å²) >= 11 is 1.65. The molecule has 1 unspecified atom stereocenters. The molecular weight excluding hydrogens is 432 g/mol. The summed E-state index contributed by atoms with van der Waals surface area (Å²) < 4.78 is 6.50. The summed E-state index contributed by atoms with van der Waals surface area (Å²) in [7, 11) is 0. The molecule has 33 heavy (non-hydrogen) atoms. The van der Waals surface area contributed by atoms with Gasteiger partial charge in [0.2, 0.25) is 5.95 Å². The number of ether oxygens (including phenoxy) is 1. The van der Waals surface area contributed by atoms with E-state index in [0.717, 1.165) is 54.4 Å². The molecule has 4 heterocycles. The molecule has 0 bridgehead atoms. The van der Waals surface area contributed by atoms with Crippen LogP contribution in [0.25, 0.3) is 10.2 Å². The Morgan fingerprint density at radius 2 is 1.76 bits per heavy atom. The van der Waals surface area contributed by atoms with Gasteiger partial charge < -0.3 is 15.0 Å². The average Bonchev–Trinajstić information content (AvgIpc) is 3.55. The van der Waals surface area contributed by atoms with Crippen molar-refractivity contribution >= 4 is 50.9 Å². The van der Waals surface area contributed by atoms with Crippen LogP contribution in [0, 0.1) is 0 Å². The van der Waals surface area contributed by atoms with E-state index in [1.807, 2.05) is 23.4 Å². The molecule has 0 saturated carbocycles. The molecule has 2 aliphatic rings. The zero-order valence-electron chi connectivity index (χ0n) is 18.1. The number of thiophene rings is 1. The molecule has 7 nitrogen and oxygen atoms in total. The van der Waals surface area contributed by atoms with Crippen molar-refractivity contribution in [3.8, 4) is 0 Å². The summed E-state index contributed by atoms with van der Waals surface area (Å²) in [5.41, 5.74) is 4.31. The average molecular weight is 457 g/mol. The highest BCUT2D eigenvalue weighted by Gasteiger charge is 2.27. The van der Waals surface area contributed by atoms with Crippen LogP contribution >= 0.6 is 11.3 Å². The van der Waals surface area contributed by atoms with Crippen LogP contribution in [0.5, 0.6) is 0 Å². The minimum atomic E-state index is 0.132. The lowest BCUT2D eigenvalue weighted by Gasteiger charge is -2.28. The van der Waals surface area contributed by atoms with Crippen molar-refractivity contribution in [1.29, 1.82) is 0 Å². The number of morpholine rings is 1. The molecule has 1 atom stereocenters. The van der Waals surface area contributed by atoms with Gasteiger partial charge in [-0.1, -0.05) is 30.3 Å². The number of fused-ring (bicyclic) bond motifs is 1. The lowest BCUT2D eigenvalue weighted by molar-refractivity contribution is 0.122. The first-order chi connectivity index (χ1) is 16.3. The van der Waals surface area contributed by atoms with Gasteiger partial charge in [-0.25, -0.2) is 9.99 Å². The molecule has 6 rings (SSSR count). The third kappa shape index (κ3) is 4.03. The number of nitrogens with one attached hydrogen (secondary N) is 1. The Morgan fingerprint density at radius 1 is 0.939 bits per heavy atom. The van der Waals surface area contributed by atoms with Crippen LogP contribution in [-0.4, -0.2) is 42.5 Å². The Morgan fingerprint density at radius 3 is 2.58 bits per heavy atom. The zero-order valence-corrected chi connectivity index (χ0v) is 18.9. The highest BCUT2D eigenvalue weighted by molar-refractivity contribution is 7.17. The molecule has 4 aromatic rings. The van der Waals surface area contributed by atoms with Crippen molar-refractivity contribution in [1.82, 2.24) is 9.97 Å². The maximum Gasteiger partial charge on any atom is 0.229 e. The van der Waals surface area contributed by atoms with E-state index in [1.165, 1.54) is 11.3 Å². The van der Waals surface area contributed by atoms with Gasteiger partial charge in [0.05, 0.1) is 29.5 Å². The summed E-state index contributed by atoms with van der Waals surface area (Å²) in [6.07, 6.45) is 2.82. The third-order valence-electron chi connectivity index (χ3n) is 6.02. The summed E-state index contributed by atoms with van der Waals surface area (Å²) in [5, 5.41) is 12.2. The smallest absolute Gasteiger partial charge is 0.229 e. The maximum absolute atomic E-state index is 5.46. The predicted molar refractivity (Wildman–Crippen MR) is 135 cm³/mol. The SMILES string of the molecule is C1=NN(c2nc(Nc3ccc(N4CCOCC4)cc3)nc3ccsc23)C(c2ccccc2)C1. The molecule has 1 fully saturated rings. The Hall–Kier alpha value is -3.49. The lowest BCUT2D eigenvalue weighted by atomic mass is 10.0. The van der Waals surface area contributed by atoms with Crippen molar-refractivity contribution in [3.05, 3.63) is 71.6 Å². The fourth-order valence-electron chi connectivity index (χ4n) is 4.34. The number of benzene rings is 2. The molecule has 0 spiro atoms. The van der Waals surface area contributed by atoms with E-state index in [-0.39, 0.29) is 6.04 Å².